The Morgan fingerprint density at radius 3 is 2.24 bits per heavy atom. The van der Waals surface area contributed by atoms with E-state index in [1.807, 2.05) is 12.1 Å². The lowest BCUT2D eigenvalue weighted by atomic mass is 10.1. The van der Waals surface area contributed by atoms with Crippen molar-refractivity contribution in [3.05, 3.63) is 87.8 Å². The highest BCUT2D eigenvalue weighted by atomic mass is 16.6. The molecule has 0 aliphatic heterocycles. The van der Waals surface area contributed by atoms with Gasteiger partial charge in [0.15, 0.2) is 5.75 Å². The van der Waals surface area contributed by atoms with E-state index in [4.69, 9.17) is 18.6 Å². The van der Waals surface area contributed by atoms with Gasteiger partial charge in [-0.1, -0.05) is 93.4 Å². The molecule has 0 amide bonds. The number of fused-ring (bicyclic) bond motifs is 1. The van der Waals surface area contributed by atoms with Crippen LogP contribution in [0.3, 0.4) is 0 Å². The van der Waals surface area contributed by atoms with Crippen LogP contribution in [0.4, 0.5) is 0 Å². The van der Waals surface area contributed by atoms with Crippen LogP contribution in [0.1, 0.15) is 102 Å². The molecule has 6 heteroatoms. The summed E-state index contributed by atoms with van der Waals surface area (Å²) in [5.74, 6) is -0.240. The predicted molar refractivity (Wildman–Crippen MR) is 170 cm³/mol. The first-order valence-corrected chi connectivity index (χ1v) is 15.3. The van der Waals surface area contributed by atoms with Crippen molar-refractivity contribution in [1.82, 2.24) is 0 Å². The molecule has 0 unspecified atom stereocenters. The second kappa shape index (κ2) is 17.9. The molecule has 0 saturated carbocycles. The molecule has 42 heavy (non-hydrogen) atoms. The second-order valence-electron chi connectivity index (χ2n) is 10.9. The molecular formula is C36H46O6. The number of carbonyl (C=O) groups excluding carboxylic acids is 1. The van der Waals surface area contributed by atoms with Gasteiger partial charge in [0, 0.05) is 0 Å². The summed E-state index contributed by atoms with van der Waals surface area (Å²) >= 11 is 0. The number of ether oxygens (including phenoxy) is 3. The average Bonchev–Trinajstić information content (AvgIpc) is 2.97. The topological polar surface area (TPSA) is 75.0 Å². The number of unbranched alkanes of at least 4 members (excludes halogenated alkanes) is 7. The zero-order valence-corrected chi connectivity index (χ0v) is 25.7. The van der Waals surface area contributed by atoms with Gasteiger partial charge in [0.1, 0.15) is 23.3 Å². The van der Waals surface area contributed by atoms with Crippen molar-refractivity contribution in [3.63, 3.8) is 0 Å². The molecule has 1 heterocycles. The summed E-state index contributed by atoms with van der Waals surface area (Å²) in [5, 5.41) is 0.392. The molecule has 0 saturated heterocycles. The minimum atomic E-state index is -0.690. The maximum Gasteiger partial charge on any atom is 0.383 e. The van der Waals surface area contributed by atoms with Gasteiger partial charge >= 0.3 is 11.6 Å². The Kier molecular flexibility index (Phi) is 13.9. The third kappa shape index (κ3) is 10.6. The minimum absolute atomic E-state index is 0.0227. The normalized spacial score (nSPS) is 11.4. The van der Waals surface area contributed by atoms with Gasteiger partial charge in [-0.25, -0.2) is 9.59 Å². The lowest BCUT2D eigenvalue weighted by Gasteiger charge is -2.15. The van der Waals surface area contributed by atoms with Gasteiger partial charge in [-0.3, -0.25) is 0 Å². The maximum atomic E-state index is 13.1. The first-order chi connectivity index (χ1) is 20.4. The summed E-state index contributed by atoms with van der Waals surface area (Å²) in [6, 6.07) is 13.8. The highest BCUT2D eigenvalue weighted by molar-refractivity contribution is 5.97. The lowest BCUT2D eigenvalue weighted by molar-refractivity contribution is 0.0729. The van der Waals surface area contributed by atoms with Crippen LogP contribution in [0.25, 0.3) is 11.0 Å². The molecule has 6 nitrogen and oxygen atoms in total. The number of hydrogen-bond acceptors (Lipinski definition) is 6. The molecule has 226 valence electrons. The molecule has 0 spiro atoms. The Morgan fingerprint density at radius 1 is 0.810 bits per heavy atom. The smallest absolute Gasteiger partial charge is 0.383 e. The average molecular weight is 575 g/mol. The summed E-state index contributed by atoms with van der Waals surface area (Å²) in [7, 11) is 0. The molecular weight excluding hydrogens is 528 g/mol. The van der Waals surface area contributed by atoms with Crippen LogP contribution in [0.15, 0.2) is 81.0 Å². The summed E-state index contributed by atoms with van der Waals surface area (Å²) in [5.41, 5.74) is 2.45. The van der Waals surface area contributed by atoms with Gasteiger partial charge in [-0.2, -0.15) is 0 Å². The fraction of sp³-hybridized carbons (Fsp3) is 0.444. The van der Waals surface area contributed by atoms with Crippen molar-refractivity contribution < 1.29 is 23.4 Å². The number of esters is 1. The van der Waals surface area contributed by atoms with Gasteiger partial charge < -0.3 is 18.6 Å². The number of hydrogen-bond donors (Lipinski definition) is 0. The van der Waals surface area contributed by atoms with E-state index in [0.717, 1.165) is 32.1 Å². The summed E-state index contributed by atoms with van der Waals surface area (Å²) in [4.78, 5) is 26.2. The third-order valence-corrected chi connectivity index (χ3v) is 7.02. The van der Waals surface area contributed by atoms with Crippen molar-refractivity contribution in [3.8, 4) is 17.2 Å². The largest absolute Gasteiger partial charge is 0.489 e. The van der Waals surface area contributed by atoms with Crippen LogP contribution in [0.2, 0.25) is 0 Å². The second-order valence-corrected chi connectivity index (χ2v) is 10.9. The number of carbonyl (C=O) groups is 1. The van der Waals surface area contributed by atoms with Gasteiger partial charge in [0.25, 0.3) is 0 Å². The van der Waals surface area contributed by atoms with Crippen LogP contribution in [-0.2, 0) is 0 Å². The Bertz CT molecular complexity index is 1380. The van der Waals surface area contributed by atoms with E-state index in [1.165, 1.54) is 43.3 Å². The van der Waals surface area contributed by atoms with E-state index in [0.29, 0.717) is 29.9 Å². The van der Waals surface area contributed by atoms with Crippen molar-refractivity contribution in [2.24, 2.45) is 0 Å². The lowest BCUT2D eigenvalue weighted by Crippen LogP contribution is -2.15. The molecule has 0 N–H and O–H groups in total. The van der Waals surface area contributed by atoms with Gasteiger partial charge in [0.2, 0.25) is 5.75 Å². The molecule has 0 aliphatic rings. The highest BCUT2D eigenvalue weighted by Gasteiger charge is 2.24. The molecule has 3 aromatic rings. The van der Waals surface area contributed by atoms with E-state index in [2.05, 4.69) is 33.8 Å². The summed E-state index contributed by atoms with van der Waals surface area (Å²) in [6.45, 7) is 9.12. The Hall–Kier alpha value is -3.80. The van der Waals surface area contributed by atoms with Crippen LogP contribution in [-0.4, -0.2) is 19.2 Å². The molecule has 0 atom stereocenters. The molecule has 3 rings (SSSR count). The van der Waals surface area contributed by atoms with Gasteiger partial charge in [-0.05, 0) is 70.4 Å². The fourth-order valence-corrected chi connectivity index (χ4v) is 4.61. The monoisotopic (exact) mass is 574 g/mol. The standard InChI is InChI=1S/C36H46O6/c1-5-6-7-8-9-10-11-15-25-40-34-33(42-35(37)29-20-13-12-14-21-29)32-30(22-17-23-31(32)41-36(34)38)39-26-24-28(4)19-16-18-27(2)3/h12-14,17-18,20-24H,5-11,15-16,19,25-26H2,1-4H3/b28-24+. The van der Waals surface area contributed by atoms with Crippen LogP contribution >= 0.6 is 0 Å². The van der Waals surface area contributed by atoms with Gasteiger partial charge in [0.05, 0.1) is 12.2 Å². The van der Waals surface area contributed by atoms with Crippen molar-refractivity contribution in [2.45, 2.75) is 91.9 Å². The zero-order valence-electron chi connectivity index (χ0n) is 25.7. The van der Waals surface area contributed by atoms with Crippen molar-refractivity contribution in [2.75, 3.05) is 13.2 Å². The Morgan fingerprint density at radius 2 is 1.52 bits per heavy atom. The summed E-state index contributed by atoms with van der Waals surface area (Å²) < 4.78 is 23.6. The first kappa shape index (κ1) is 32.7. The molecule has 0 aliphatic carbocycles. The van der Waals surface area contributed by atoms with Crippen molar-refractivity contribution >= 4 is 16.9 Å². The Labute approximate surface area is 250 Å². The molecule has 0 fully saturated rings. The maximum absolute atomic E-state index is 13.1. The van der Waals surface area contributed by atoms with Crippen LogP contribution in [0.5, 0.6) is 17.2 Å². The van der Waals surface area contributed by atoms with E-state index in [-0.39, 0.29) is 17.1 Å². The number of allylic oxidation sites excluding steroid dienone is 3. The van der Waals surface area contributed by atoms with Gasteiger partial charge in [-0.15, -0.1) is 0 Å². The molecule has 0 radical (unpaired) electrons. The van der Waals surface area contributed by atoms with Crippen LogP contribution < -0.4 is 19.8 Å². The fourth-order valence-electron chi connectivity index (χ4n) is 4.61. The predicted octanol–water partition coefficient (Wildman–Crippen LogP) is 9.60. The number of rotatable bonds is 18. The van der Waals surface area contributed by atoms with Crippen molar-refractivity contribution in [1.29, 1.82) is 0 Å². The highest BCUT2D eigenvalue weighted by Crippen LogP contribution is 2.39. The van der Waals surface area contributed by atoms with E-state index < -0.39 is 11.6 Å². The quantitative estimate of drug-likeness (QED) is 0.0652. The molecule has 0 bridgehead atoms. The zero-order chi connectivity index (χ0) is 30.2. The SMILES string of the molecule is CCCCCCCCCCOc1c(OC(=O)c2ccccc2)c2c(OC/C=C(\C)CCC=C(C)C)cccc2oc1=O. The molecule has 1 aromatic heterocycles. The van der Waals surface area contributed by atoms with E-state index in [1.54, 1.807) is 42.5 Å². The van der Waals surface area contributed by atoms with E-state index >= 15 is 0 Å². The first-order valence-electron chi connectivity index (χ1n) is 15.3. The minimum Gasteiger partial charge on any atom is -0.489 e. The molecule has 2 aromatic carbocycles. The van der Waals surface area contributed by atoms with Crippen LogP contribution in [0, 0.1) is 0 Å². The summed E-state index contributed by atoms with van der Waals surface area (Å²) in [6.07, 6.45) is 15.3. The Balaban J connectivity index is 1.83. The third-order valence-electron chi connectivity index (χ3n) is 7.02. The number of benzene rings is 2. The van der Waals surface area contributed by atoms with E-state index in [9.17, 15) is 9.59 Å².